The summed E-state index contributed by atoms with van der Waals surface area (Å²) in [6, 6.07) is 25.5. The maximum Gasteiger partial charge on any atom is 0.422 e. The van der Waals surface area contributed by atoms with Crippen LogP contribution in [0.15, 0.2) is 85.1 Å². The molecule has 0 amide bonds. The third-order valence-electron chi connectivity index (χ3n) is 9.26. The first-order chi connectivity index (χ1) is 24.0. The van der Waals surface area contributed by atoms with Gasteiger partial charge in [0.1, 0.15) is 6.10 Å². The van der Waals surface area contributed by atoms with E-state index in [9.17, 15) is 15.2 Å². The fourth-order valence-corrected chi connectivity index (χ4v) is 6.67. The summed E-state index contributed by atoms with van der Waals surface area (Å²) in [5, 5.41) is 23.6. The zero-order valence-corrected chi connectivity index (χ0v) is 27.9. The van der Waals surface area contributed by atoms with Gasteiger partial charge in [-0.25, -0.2) is 0 Å². The Morgan fingerprint density at radius 1 is 0.960 bits per heavy atom. The summed E-state index contributed by atoms with van der Waals surface area (Å²) >= 11 is 0. The molecule has 6 rings (SSSR count). The SMILES string of the molecule is CCOC(=O)Cc1ccc(OC2CCN(CC(O)(c3cn(Cc4ccc5ccccc5c4)c4cc(C#N)ccc34)C(F)(F)F)CC2)c(OC)c1. The summed E-state index contributed by atoms with van der Waals surface area (Å²) in [6.45, 7) is 2.14. The molecule has 1 saturated heterocycles. The van der Waals surface area contributed by atoms with Gasteiger partial charge >= 0.3 is 12.1 Å². The van der Waals surface area contributed by atoms with Crippen molar-refractivity contribution in [3.05, 3.63) is 107 Å². The van der Waals surface area contributed by atoms with Gasteiger partial charge in [0, 0.05) is 43.3 Å². The highest BCUT2D eigenvalue weighted by atomic mass is 19.4. The molecule has 0 bridgehead atoms. The number of esters is 1. The predicted molar refractivity (Wildman–Crippen MR) is 183 cm³/mol. The van der Waals surface area contributed by atoms with Crippen LogP contribution in [0.3, 0.4) is 0 Å². The lowest BCUT2D eigenvalue weighted by Gasteiger charge is -2.39. The standard InChI is InChI=1S/C39H38F3N3O5/c1-3-49-37(46)21-26-10-13-35(36(20-26)48-2)50-31-14-16-44(17-15-31)25-38(47,39(40,41)42)33-24-45(34-19-27(22-43)9-12-32(33)34)23-28-8-11-29-6-4-5-7-30(29)18-28/h4-13,18-20,24,31,47H,3,14-17,21,23,25H2,1-2H3. The number of nitriles is 1. The van der Waals surface area contributed by atoms with E-state index in [4.69, 9.17) is 14.2 Å². The van der Waals surface area contributed by atoms with E-state index in [0.29, 0.717) is 41.0 Å². The molecule has 1 atom stereocenters. The minimum atomic E-state index is -4.99. The molecular formula is C39H38F3N3O5. The zero-order valence-electron chi connectivity index (χ0n) is 27.9. The van der Waals surface area contributed by atoms with E-state index in [1.54, 1.807) is 40.7 Å². The molecule has 1 unspecified atom stereocenters. The average Bonchev–Trinajstić information content (AvgIpc) is 3.46. The van der Waals surface area contributed by atoms with Crippen molar-refractivity contribution >= 4 is 27.6 Å². The van der Waals surface area contributed by atoms with Gasteiger partial charge in [-0.15, -0.1) is 0 Å². The van der Waals surface area contributed by atoms with Gasteiger partial charge in [0.2, 0.25) is 5.60 Å². The Bertz CT molecular complexity index is 2050. The molecule has 50 heavy (non-hydrogen) atoms. The second-order valence-electron chi connectivity index (χ2n) is 12.6. The number of likely N-dealkylation sites (tertiary alicyclic amines) is 1. The van der Waals surface area contributed by atoms with Crippen molar-refractivity contribution in [1.29, 1.82) is 5.26 Å². The van der Waals surface area contributed by atoms with Crippen LogP contribution < -0.4 is 9.47 Å². The van der Waals surface area contributed by atoms with Gasteiger partial charge in [0.05, 0.1) is 37.3 Å². The number of ether oxygens (including phenoxy) is 3. The van der Waals surface area contributed by atoms with E-state index < -0.39 is 18.3 Å². The zero-order chi connectivity index (χ0) is 35.5. The van der Waals surface area contributed by atoms with Crippen LogP contribution in [0.4, 0.5) is 13.2 Å². The molecule has 1 N–H and O–H groups in total. The largest absolute Gasteiger partial charge is 0.493 e. The number of β-amino-alcohol motifs (C(OH)–C–C–N with tert-alkyl or cyclic N) is 1. The Morgan fingerprint density at radius 2 is 1.70 bits per heavy atom. The number of nitrogens with zero attached hydrogens (tertiary/aromatic N) is 3. The summed E-state index contributed by atoms with van der Waals surface area (Å²) in [5.74, 6) is 0.567. The number of alkyl halides is 3. The fourth-order valence-electron chi connectivity index (χ4n) is 6.67. The quantitative estimate of drug-likeness (QED) is 0.148. The Kier molecular flexibility index (Phi) is 10.0. The predicted octanol–water partition coefficient (Wildman–Crippen LogP) is 7.12. The lowest BCUT2D eigenvalue weighted by Crippen LogP contribution is -2.53. The van der Waals surface area contributed by atoms with Crippen molar-refractivity contribution in [2.45, 2.75) is 50.6 Å². The number of methoxy groups -OCH3 is 1. The molecule has 0 spiro atoms. The maximum absolute atomic E-state index is 15.0. The number of benzene rings is 4. The lowest BCUT2D eigenvalue weighted by molar-refractivity contribution is -0.272. The molecule has 1 fully saturated rings. The van der Waals surface area contributed by atoms with E-state index in [1.807, 2.05) is 42.5 Å². The smallest absolute Gasteiger partial charge is 0.422 e. The third-order valence-corrected chi connectivity index (χ3v) is 9.26. The van der Waals surface area contributed by atoms with Crippen LogP contribution in [0.5, 0.6) is 11.5 Å². The number of carbonyl (C=O) groups excluding carboxylic acids is 1. The van der Waals surface area contributed by atoms with Crippen molar-refractivity contribution in [2.75, 3.05) is 33.4 Å². The number of halogens is 3. The molecule has 1 aliphatic heterocycles. The van der Waals surface area contributed by atoms with Crippen LogP contribution in [0, 0.1) is 11.3 Å². The van der Waals surface area contributed by atoms with Crippen LogP contribution in [0.1, 0.15) is 42.0 Å². The molecule has 8 nitrogen and oxygen atoms in total. The molecule has 1 aromatic heterocycles. The van der Waals surface area contributed by atoms with Gasteiger partial charge in [-0.05, 0) is 72.0 Å². The molecular weight excluding hydrogens is 647 g/mol. The normalized spacial score (nSPS) is 15.5. The van der Waals surface area contributed by atoms with Crippen LogP contribution in [-0.4, -0.2) is 66.2 Å². The van der Waals surface area contributed by atoms with Gasteiger partial charge in [-0.2, -0.15) is 18.4 Å². The number of piperidine rings is 1. The van der Waals surface area contributed by atoms with E-state index in [-0.39, 0.29) is 55.7 Å². The van der Waals surface area contributed by atoms with Crippen molar-refractivity contribution in [3.8, 4) is 17.6 Å². The Morgan fingerprint density at radius 3 is 2.40 bits per heavy atom. The first kappa shape index (κ1) is 34.8. The summed E-state index contributed by atoms with van der Waals surface area (Å²) in [6.07, 6.45) is -2.96. The molecule has 0 radical (unpaired) electrons. The number of aromatic nitrogens is 1. The van der Waals surface area contributed by atoms with Crippen molar-refractivity contribution in [2.24, 2.45) is 0 Å². The summed E-state index contributed by atoms with van der Waals surface area (Å²) < 4.78 is 63.5. The van der Waals surface area contributed by atoms with Gasteiger partial charge < -0.3 is 23.9 Å². The van der Waals surface area contributed by atoms with Crippen molar-refractivity contribution in [1.82, 2.24) is 9.47 Å². The number of hydrogen-bond donors (Lipinski definition) is 1. The van der Waals surface area contributed by atoms with Gasteiger partial charge in [-0.1, -0.05) is 48.5 Å². The van der Waals surface area contributed by atoms with Crippen LogP contribution >= 0.6 is 0 Å². The molecule has 4 aromatic carbocycles. The highest BCUT2D eigenvalue weighted by Gasteiger charge is 2.57. The topological polar surface area (TPSA) is 97.0 Å². The van der Waals surface area contributed by atoms with Crippen LogP contribution in [0.2, 0.25) is 0 Å². The second-order valence-corrected chi connectivity index (χ2v) is 12.6. The number of hydrogen-bond acceptors (Lipinski definition) is 7. The van der Waals surface area contributed by atoms with E-state index >= 15 is 13.2 Å². The van der Waals surface area contributed by atoms with Gasteiger partial charge in [-0.3, -0.25) is 9.69 Å². The van der Waals surface area contributed by atoms with Crippen LogP contribution in [-0.2, 0) is 28.1 Å². The maximum atomic E-state index is 15.0. The van der Waals surface area contributed by atoms with Crippen LogP contribution in [0.25, 0.3) is 21.7 Å². The van der Waals surface area contributed by atoms with Crippen molar-refractivity contribution in [3.63, 3.8) is 0 Å². The third kappa shape index (κ3) is 7.27. The molecule has 11 heteroatoms. The Labute approximate surface area is 288 Å². The Hall–Kier alpha value is -5.05. The monoisotopic (exact) mass is 685 g/mol. The van der Waals surface area contributed by atoms with Gasteiger partial charge in [0.25, 0.3) is 0 Å². The number of fused-ring (bicyclic) bond motifs is 2. The highest BCUT2D eigenvalue weighted by molar-refractivity contribution is 5.87. The Balaban J connectivity index is 1.21. The van der Waals surface area contributed by atoms with Crippen molar-refractivity contribution < 1.29 is 37.3 Å². The minimum absolute atomic E-state index is 0.0899. The first-order valence-corrected chi connectivity index (χ1v) is 16.5. The van der Waals surface area contributed by atoms with E-state index in [0.717, 1.165) is 16.3 Å². The number of aliphatic hydroxyl groups is 1. The van der Waals surface area contributed by atoms with E-state index in [2.05, 4.69) is 6.07 Å². The summed E-state index contributed by atoms with van der Waals surface area (Å²) in [5.41, 5.74) is -1.11. The molecule has 0 saturated carbocycles. The molecule has 260 valence electrons. The average molecular weight is 686 g/mol. The molecule has 2 heterocycles. The first-order valence-electron chi connectivity index (χ1n) is 16.5. The lowest BCUT2D eigenvalue weighted by atomic mass is 9.90. The van der Waals surface area contributed by atoms with E-state index in [1.165, 1.54) is 25.4 Å². The summed E-state index contributed by atoms with van der Waals surface area (Å²) in [4.78, 5) is 13.5. The van der Waals surface area contributed by atoms with Gasteiger partial charge in [0.15, 0.2) is 11.5 Å². The fraction of sp³-hybridized carbons (Fsp3) is 0.333. The molecule has 1 aliphatic rings. The highest BCUT2D eigenvalue weighted by Crippen LogP contribution is 2.44. The number of carbonyl (C=O) groups is 1. The molecule has 5 aromatic rings. The number of rotatable bonds is 11. The minimum Gasteiger partial charge on any atom is -0.493 e. The summed E-state index contributed by atoms with van der Waals surface area (Å²) in [7, 11) is 1.50. The molecule has 0 aliphatic carbocycles. The second kappa shape index (κ2) is 14.4.